The Morgan fingerprint density at radius 2 is 2.08 bits per heavy atom. The molecule has 0 bridgehead atoms. The number of halogens is 1. The smallest absolute Gasteiger partial charge is 0.407 e. The molecule has 0 radical (unpaired) electrons. The van der Waals surface area contributed by atoms with Gasteiger partial charge in [-0.05, 0) is 31.0 Å². The summed E-state index contributed by atoms with van der Waals surface area (Å²) < 4.78 is 0. The summed E-state index contributed by atoms with van der Waals surface area (Å²) >= 11 is 6.40. The quantitative estimate of drug-likeness (QED) is 0.783. The highest BCUT2D eigenvalue weighted by Crippen LogP contribution is 2.33. The van der Waals surface area contributed by atoms with Crippen molar-refractivity contribution in [2.75, 3.05) is 24.5 Å². The Labute approximate surface area is 150 Å². The van der Waals surface area contributed by atoms with Crippen LogP contribution in [0.1, 0.15) is 31.2 Å². The summed E-state index contributed by atoms with van der Waals surface area (Å²) in [6.45, 7) is 3.48. The topological polar surface area (TPSA) is 90.0 Å². The third-order valence-corrected chi connectivity index (χ3v) is 5.16. The molecule has 134 valence electrons. The lowest BCUT2D eigenvalue weighted by molar-refractivity contribution is -0.134. The number of piperazine rings is 1. The van der Waals surface area contributed by atoms with Crippen molar-refractivity contribution in [3.8, 4) is 0 Å². The van der Waals surface area contributed by atoms with Crippen LogP contribution in [0.3, 0.4) is 0 Å². The second-order valence-corrected chi connectivity index (χ2v) is 6.89. The first-order chi connectivity index (χ1) is 11.9. The van der Waals surface area contributed by atoms with Crippen molar-refractivity contribution < 1.29 is 19.5 Å². The van der Waals surface area contributed by atoms with Crippen LogP contribution in [0.5, 0.6) is 0 Å². The van der Waals surface area contributed by atoms with Crippen LogP contribution in [0, 0.1) is 0 Å². The van der Waals surface area contributed by atoms with Crippen LogP contribution < -0.4 is 10.2 Å². The van der Waals surface area contributed by atoms with E-state index in [1.165, 1.54) is 4.90 Å². The lowest BCUT2D eigenvalue weighted by Crippen LogP contribution is -2.53. The molecule has 3 rings (SSSR count). The first-order valence-corrected chi connectivity index (χ1v) is 8.62. The number of carbonyl (C=O) groups is 3. The van der Waals surface area contributed by atoms with Crippen molar-refractivity contribution in [1.29, 1.82) is 0 Å². The highest BCUT2D eigenvalue weighted by atomic mass is 35.5. The predicted octanol–water partition coefficient (Wildman–Crippen LogP) is 2.05. The number of piperidine rings is 1. The van der Waals surface area contributed by atoms with E-state index >= 15 is 0 Å². The van der Waals surface area contributed by atoms with Crippen molar-refractivity contribution in [3.05, 3.63) is 28.8 Å². The van der Waals surface area contributed by atoms with E-state index in [2.05, 4.69) is 10.2 Å². The number of benzene rings is 1. The molecular weight excluding hydrogens is 346 g/mol. The summed E-state index contributed by atoms with van der Waals surface area (Å²) in [5.74, 6) is -0.976. The molecule has 8 heteroatoms. The summed E-state index contributed by atoms with van der Waals surface area (Å²) in [7, 11) is 0. The van der Waals surface area contributed by atoms with E-state index in [0.717, 1.165) is 5.69 Å². The molecule has 2 aliphatic rings. The molecule has 1 aromatic rings. The summed E-state index contributed by atoms with van der Waals surface area (Å²) in [6, 6.07) is 5.42. The molecule has 7 nitrogen and oxygen atoms in total. The van der Waals surface area contributed by atoms with E-state index in [1.807, 2.05) is 25.1 Å². The van der Waals surface area contributed by atoms with Crippen LogP contribution in [0.25, 0.3) is 0 Å². The van der Waals surface area contributed by atoms with Crippen molar-refractivity contribution in [1.82, 2.24) is 10.2 Å². The molecule has 3 amide bonds. The molecule has 25 heavy (non-hydrogen) atoms. The number of nitrogens with one attached hydrogen (secondary N) is 1. The van der Waals surface area contributed by atoms with Gasteiger partial charge in [0.1, 0.15) is 0 Å². The molecular formula is C17H20ClN3O4. The molecule has 1 unspecified atom stereocenters. The van der Waals surface area contributed by atoms with E-state index in [-0.39, 0.29) is 17.9 Å². The van der Waals surface area contributed by atoms with Crippen molar-refractivity contribution >= 4 is 35.2 Å². The minimum Gasteiger partial charge on any atom is -0.465 e. The van der Waals surface area contributed by atoms with Gasteiger partial charge in [0.15, 0.2) is 0 Å². The van der Waals surface area contributed by atoms with E-state index < -0.39 is 12.0 Å². The molecule has 0 spiro atoms. The lowest BCUT2D eigenvalue weighted by atomic mass is 9.90. The zero-order chi connectivity index (χ0) is 18.1. The van der Waals surface area contributed by atoms with E-state index in [1.54, 1.807) is 0 Å². The third-order valence-electron chi connectivity index (χ3n) is 4.84. The predicted molar refractivity (Wildman–Crippen MR) is 93.0 cm³/mol. The maximum atomic E-state index is 12.0. The zero-order valence-electron chi connectivity index (χ0n) is 13.9. The Morgan fingerprint density at radius 1 is 1.32 bits per heavy atom. The van der Waals surface area contributed by atoms with E-state index in [9.17, 15) is 14.4 Å². The molecule has 2 N–H and O–H groups in total. The Morgan fingerprint density at radius 3 is 2.68 bits per heavy atom. The SMILES string of the molecule is C[C@H]1CN(c2ccc(C3CCC(=O)NC3=O)c(Cl)c2)CCN1C(=O)O. The van der Waals surface area contributed by atoms with Crippen molar-refractivity contribution in [2.24, 2.45) is 0 Å². The van der Waals surface area contributed by atoms with Crippen molar-refractivity contribution in [2.45, 2.75) is 31.7 Å². The molecule has 0 saturated carbocycles. The van der Waals surface area contributed by atoms with Gasteiger partial charge in [-0.15, -0.1) is 0 Å². The minimum absolute atomic E-state index is 0.111. The molecule has 2 heterocycles. The largest absolute Gasteiger partial charge is 0.465 e. The molecule has 0 aromatic heterocycles. The maximum absolute atomic E-state index is 12.0. The van der Waals surface area contributed by atoms with Gasteiger partial charge in [-0.2, -0.15) is 0 Å². The molecule has 2 saturated heterocycles. The normalized spacial score (nSPS) is 24.2. The number of carboxylic acid groups (broad SMARTS) is 1. The van der Waals surface area contributed by atoms with Gasteiger partial charge < -0.3 is 14.9 Å². The number of hydrogen-bond acceptors (Lipinski definition) is 4. The zero-order valence-corrected chi connectivity index (χ0v) is 14.6. The van der Waals surface area contributed by atoms with E-state index in [4.69, 9.17) is 16.7 Å². The van der Waals surface area contributed by atoms with E-state index in [0.29, 0.717) is 43.1 Å². The van der Waals surface area contributed by atoms with Crippen LogP contribution in [0.2, 0.25) is 5.02 Å². The maximum Gasteiger partial charge on any atom is 0.407 e. The van der Waals surface area contributed by atoms with Gasteiger partial charge in [0.2, 0.25) is 11.8 Å². The summed E-state index contributed by atoms with van der Waals surface area (Å²) in [4.78, 5) is 38.0. The first-order valence-electron chi connectivity index (χ1n) is 8.24. The Kier molecular flexibility index (Phi) is 4.85. The van der Waals surface area contributed by atoms with Crippen LogP contribution in [0.4, 0.5) is 10.5 Å². The fourth-order valence-electron chi connectivity index (χ4n) is 3.46. The van der Waals surface area contributed by atoms with Gasteiger partial charge in [-0.25, -0.2) is 4.79 Å². The van der Waals surface area contributed by atoms with Gasteiger partial charge in [0.05, 0.1) is 5.92 Å². The van der Waals surface area contributed by atoms with Crippen molar-refractivity contribution in [3.63, 3.8) is 0 Å². The number of imide groups is 1. The van der Waals surface area contributed by atoms with Crippen LogP contribution in [-0.2, 0) is 9.59 Å². The standard InChI is InChI=1S/C17H20ClN3O4/c1-10-9-20(6-7-21(10)17(24)25)11-2-3-12(14(18)8-11)13-4-5-15(22)19-16(13)23/h2-3,8,10,13H,4-7,9H2,1H3,(H,24,25)(H,19,22,23)/t10-,13?/m0/s1. The molecule has 2 atom stereocenters. The van der Waals surface area contributed by atoms with Crippen LogP contribution >= 0.6 is 11.6 Å². The van der Waals surface area contributed by atoms with Crippen LogP contribution in [-0.4, -0.2) is 53.6 Å². The Balaban J connectivity index is 1.75. The number of anilines is 1. The highest BCUT2D eigenvalue weighted by molar-refractivity contribution is 6.32. The van der Waals surface area contributed by atoms with Gasteiger partial charge in [0, 0.05) is 42.8 Å². The number of rotatable bonds is 2. The van der Waals surface area contributed by atoms with Gasteiger partial charge in [-0.1, -0.05) is 17.7 Å². The van der Waals surface area contributed by atoms with Gasteiger partial charge in [0.25, 0.3) is 0 Å². The summed E-state index contributed by atoms with van der Waals surface area (Å²) in [6.07, 6.45) is -0.139. The number of amides is 3. The summed E-state index contributed by atoms with van der Waals surface area (Å²) in [5, 5.41) is 12.0. The number of nitrogens with zero attached hydrogens (tertiary/aromatic N) is 2. The lowest BCUT2D eigenvalue weighted by Gasteiger charge is -2.39. The second kappa shape index (κ2) is 6.92. The Hall–Kier alpha value is -2.28. The average molecular weight is 366 g/mol. The number of hydrogen-bond donors (Lipinski definition) is 2. The average Bonchev–Trinajstić information content (AvgIpc) is 2.55. The molecule has 0 aliphatic carbocycles. The third kappa shape index (κ3) is 3.56. The first kappa shape index (κ1) is 17.5. The minimum atomic E-state index is -0.904. The fourth-order valence-corrected chi connectivity index (χ4v) is 3.77. The molecule has 1 aromatic carbocycles. The second-order valence-electron chi connectivity index (χ2n) is 6.48. The van der Waals surface area contributed by atoms with Crippen LogP contribution in [0.15, 0.2) is 18.2 Å². The highest BCUT2D eigenvalue weighted by Gasteiger charge is 2.31. The van der Waals surface area contributed by atoms with Gasteiger partial charge >= 0.3 is 6.09 Å². The monoisotopic (exact) mass is 365 g/mol. The number of carbonyl (C=O) groups excluding carboxylic acids is 2. The Bertz CT molecular complexity index is 724. The summed E-state index contributed by atoms with van der Waals surface area (Å²) in [5.41, 5.74) is 1.62. The van der Waals surface area contributed by atoms with Gasteiger partial charge in [-0.3, -0.25) is 14.9 Å². The fraction of sp³-hybridized carbons (Fsp3) is 0.471. The molecule has 2 fully saturated rings. The molecule has 2 aliphatic heterocycles.